The molecule has 8 heteroatoms. The zero-order chi connectivity index (χ0) is 23.8. The van der Waals surface area contributed by atoms with Crippen molar-refractivity contribution in [3.8, 4) is 5.75 Å². The third-order valence-corrected chi connectivity index (χ3v) is 8.20. The highest BCUT2D eigenvalue weighted by atomic mass is 32.2. The average molecular weight is 488 g/mol. The smallest absolute Gasteiger partial charge is 0.341 e. The second kappa shape index (κ2) is 11.5. The normalized spacial score (nSPS) is 11.7. The van der Waals surface area contributed by atoms with Gasteiger partial charge in [-0.25, -0.2) is 13.2 Å². The van der Waals surface area contributed by atoms with Crippen LogP contribution >= 0.6 is 11.8 Å². The lowest BCUT2D eigenvalue weighted by Gasteiger charge is -2.22. The van der Waals surface area contributed by atoms with E-state index in [-0.39, 0.29) is 6.61 Å². The van der Waals surface area contributed by atoms with Crippen molar-refractivity contribution in [2.45, 2.75) is 36.5 Å². The van der Waals surface area contributed by atoms with Crippen LogP contribution in [0.3, 0.4) is 0 Å². The van der Waals surface area contributed by atoms with Gasteiger partial charge in [0.05, 0.1) is 4.90 Å². The van der Waals surface area contributed by atoms with Crippen molar-refractivity contribution in [1.82, 2.24) is 4.31 Å². The largest absolute Gasteiger partial charge is 0.482 e. The predicted octanol–water partition coefficient (Wildman–Crippen LogP) is 5.19. The molecular formula is C25H29NO5S2. The highest BCUT2D eigenvalue weighted by molar-refractivity contribution is 7.99. The van der Waals surface area contributed by atoms with Gasteiger partial charge in [0.2, 0.25) is 10.0 Å². The molecule has 0 heterocycles. The number of carboxylic acids is 1. The highest BCUT2D eigenvalue weighted by Crippen LogP contribution is 2.28. The molecule has 1 N–H and O–H groups in total. The molecule has 176 valence electrons. The third-order valence-electron chi connectivity index (χ3n) is 5.16. The van der Waals surface area contributed by atoms with E-state index in [1.54, 1.807) is 34.3 Å². The number of aryl methyl sites for hydroxylation is 1. The maximum absolute atomic E-state index is 13.5. The van der Waals surface area contributed by atoms with Crippen LogP contribution in [0, 0.1) is 6.92 Å². The summed E-state index contributed by atoms with van der Waals surface area (Å²) < 4.78 is 33.8. The summed E-state index contributed by atoms with van der Waals surface area (Å²) in [6.07, 6.45) is 1.46. The van der Waals surface area contributed by atoms with Crippen molar-refractivity contribution in [3.05, 3.63) is 66.2 Å². The molecule has 0 aromatic heterocycles. The first kappa shape index (κ1) is 25.1. The molecule has 0 radical (unpaired) electrons. The van der Waals surface area contributed by atoms with Gasteiger partial charge in [-0.3, -0.25) is 0 Å². The van der Waals surface area contributed by atoms with Crippen LogP contribution in [-0.2, 0) is 14.8 Å². The Bertz CT molecular complexity index is 1210. The number of aliphatic carboxylic acids is 1. The van der Waals surface area contributed by atoms with E-state index in [0.717, 1.165) is 33.4 Å². The molecule has 0 aliphatic rings. The Balaban J connectivity index is 1.64. The molecule has 0 saturated heterocycles. The third kappa shape index (κ3) is 6.50. The van der Waals surface area contributed by atoms with Crippen molar-refractivity contribution in [3.63, 3.8) is 0 Å². The van der Waals surface area contributed by atoms with E-state index in [2.05, 4.69) is 0 Å². The number of carbonyl (C=O) groups is 1. The maximum atomic E-state index is 13.5. The Morgan fingerprint density at radius 3 is 2.55 bits per heavy atom. The zero-order valence-electron chi connectivity index (χ0n) is 18.9. The molecule has 3 rings (SSSR count). The van der Waals surface area contributed by atoms with Gasteiger partial charge in [0.1, 0.15) is 5.75 Å². The minimum absolute atomic E-state index is 0.356. The molecule has 0 aliphatic carbocycles. The van der Waals surface area contributed by atoms with Gasteiger partial charge in [0.25, 0.3) is 0 Å². The predicted molar refractivity (Wildman–Crippen MR) is 133 cm³/mol. The molecule has 6 nitrogen and oxygen atoms in total. The molecule has 0 aliphatic heterocycles. The second-order valence-corrected chi connectivity index (χ2v) is 10.8. The first-order valence-electron chi connectivity index (χ1n) is 10.9. The second-order valence-electron chi connectivity index (χ2n) is 7.69. The number of hydrogen-bond acceptors (Lipinski definition) is 5. The van der Waals surface area contributed by atoms with Crippen LogP contribution in [0.5, 0.6) is 5.75 Å². The van der Waals surface area contributed by atoms with E-state index in [4.69, 9.17) is 9.84 Å². The number of carboxylic acid groups (broad SMARTS) is 1. The van der Waals surface area contributed by atoms with Gasteiger partial charge < -0.3 is 9.84 Å². The van der Waals surface area contributed by atoms with Crippen LogP contribution in [0.15, 0.2) is 70.5 Å². The van der Waals surface area contributed by atoms with Gasteiger partial charge >= 0.3 is 5.97 Å². The van der Waals surface area contributed by atoms with Crippen molar-refractivity contribution < 1.29 is 23.1 Å². The molecule has 0 bridgehead atoms. The first-order valence-corrected chi connectivity index (χ1v) is 13.3. The Kier molecular flexibility index (Phi) is 8.77. The number of benzene rings is 3. The lowest BCUT2D eigenvalue weighted by Crippen LogP contribution is -2.33. The summed E-state index contributed by atoms with van der Waals surface area (Å²) in [5, 5.41) is 10.4. The van der Waals surface area contributed by atoms with E-state index in [9.17, 15) is 13.2 Å². The molecule has 33 heavy (non-hydrogen) atoms. The lowest BCUT2D eigenvalue weighted by atomic mass is 10.1. The zero-order valence-corrected chi connectivity index (χ0v) is 20.5. The lowest BCUT2D eigenvalue weighted by molar-refractivity contribution is -0.139. The summed E-state index contributed by atoms with van der Waals surface area (Å²) in [4.78, 5) is 12.1. The quantitative estimate of drug-likeness (QED) is 0.279. The van der Waals surface area contributed by atoms with Gasteiger partial charge in [0.15, 0.2) is 6.61 Å². The molecule has 0 atom stereocenters. The Morgan fingerprint density at radius 1 is 1.06 bits per heavy atom. The van der Waals surface area contributed by atoms with Crippen LogP contribution < -0.4 is 4.74 Å². The summed E-state index contributed by atoms with van der Waals surface area (Å²) in [7, 11) is -3.60. The van der Waals surface area contributed by atoms with Gasteiger partial charge in [-0.1, -0.05) is 43.3 Å². The molecular weight excluding hydrogens is 458 g/mol. The number of rotatable bonds is 12. The molecule has 3 aromatic carbocycles. The molecule has 3 aromatic rings. The summed E-state index contributed by atoms with van der Waals surface area (Å²) in [5.74, 6) is 0.306. The molecule has 0 unspecified atom stereocenters. The summed E-state index contributed by atoms with van der Waals surface area (Å²) >= 11 is 1.64. The number of ether oxygens (including phenoxy) is 1. The van der Waals surface area contributed by atoms with Crippen LogP contribution in [0.1, 0.15) is 25.3 Å². The average Bonchev–Trinajstić information content (AvgIpc) is 2.79. The fourth-order valence-electron chi connectivity index (χ4n) is 3.61. The number of thioether (sulfide) groups is 1. The van der Waals surface area contributed by atoms with Gasteiger partial charge in [0, 0.05) is 23.4 Å². The number of sulfonamides is 1. The Hall–Kier alpha value is -2.55. The fraction of sp³-hybridized carbons (Fsp3) is 0.320. The van der Waals surface area contributed by atoms with Crippen molar-refractivity contribution >= 4 is 38.5 Å². The van der Waals surface area contributed by atoms with Gasteiger partial charge in [-0.2, -0.15) is 4.31 Å². The van der Waals surface area contributed by atoms with Crippen LogP contribution in [0.4, 0.5) is 0 Å². The molecule has 0 saturated carbocycles. The number of fused-ring (bicyclic) bond motifs is 1. The number of nitrogens with zero attached hydrogens (tertiary/aromatic N) is 1. The fourth-order valence-corrected chi connectivity index (χ4v) is 6.32. The topological polar surface area (TPSA) is 83.9 Å². The van der Waals surface area contributed by atoms with Crippen molar-refractivity contribution in [2.24, 2.45) is 0 Å². The van der Waals surface area contributed by atoms with Gasteiger partial charge in [-0.15, -0.1) is 11.8 Å². The van der Waals surface area contributed by atoms with Crippen molar-refractivity contribution in [1.29, 1.82) is 0 Å². The van der Waals surface area contributed by atoms with E-state index in [1.165, 1.54) is 0 Å². The molecule has 0 fully saturated rings. The van der Waals surface area contributed by atoms with Crippen LogP contribution in [-0.4, -0.2) is 49.2 Å². The Labute approximate surface area is 199 Å². The summed E-state index contributed by atoms with van der Waals surface area (Å²) in [6, 6.07) is 18.6. The minimum atomic E-state index is -3.60. The first-order chi connectivity index (χ1) is 15.8. The maximum Gasteiger partial charge on any atom is 0.341 e. The highest BCUT2D eigenvalue weighted by Gasteiger charge is 2.25. The Morgan fingerprint density at radius 2 is 1.82 bits per heavy atom. The van der Waals surface area contributed by atoms with Crippen molar-refractivity contribution in [2.75, 3.05) is 25.4 Å². The summed E-state index contributed by atoms with van der Waals surface area (Å²) in [5.41, 5.74) is 0.868. The van der Waals surface area contributed by atoms with E-state index >= 15 is 0 Å². The molecule has 0 amide bonds. The van der Waals surface area contributed by atoms with Crippen LogP contribution in [0.2, 0.25) is 0 Å². The van der Waals surface area contributed by atoms with E-state index in [0.29, 0.717) is 30.2 Å². The SMILES string of the molecule is CCCN(CCCSc1ccc(OCC(=O)O)c(C)c1)S(=O)(=O)c1cccc2ccccc12. The number of hydrogen-bond donors (Lipinski definition) is 1. The minimum Gasteiger partial charge on any atom is -0.482 e. The summed E-state index contributed by atoms with van der Waals surface area (Å²) in [6.45, 7) is 4.42. The van der Waals surface area contributed by atoms with E-state index in [1.807, 2.05) is 56.3 Å². The monoisotopic (exact) mass is 487 g/mol. The standard InChI is InChI=1S/C25H29NO5S2/c1-3-14-26(33(29,30)24-11-6-9-20-8-4-5-10-22(20)24)15-7-16-32-21-12-13-23(19(2)17-21)31-18-25(27)28/h4-6,8-13,17H,3,7,14-16,18H2,1-2H3,(H,27,28). The van der Waals surface area contributed by atoms with E-state index < -0.39 is 16.0 Å². The molecule has 0 spiro atoms. The van der Waals surface area contributed by atoms with Gasteiger partial charge in [-0.05, 0) is 60.7 Å². The van der Waals surface area contributed by atoms with Crippen LogP contribution in [0.25, 0.3) is 10.8 Å².